The Kier molecular flexibility index (Phi) is 5.04. The molecule has 0 radical (unpaired) electrons. The van der Waals surface area contributed by atoms with E-state index in [9.17, 15) is 9.18 Å². The summed E-state index contributed by atoms with van der Waals surface area (Å²) in [6.07, 6.45) is 3.40. The van der Waals surface area contributed by atoms with Crippen molar-refractivity contribution in [2.75, 3.05) is 12.0 Å². The molecule has 0 N–H and O–H groups in total. The monoisotopic (exact) mass is 336 g/mol. The number of hydrogen-bond donors (Lipinski definition) is 0. The predicted octanol–water partition coefficient (Wildman–Crippen LogP) is 4.08. The molecule has 2 aromatic carbocycles. The topological polar surface area (TPSA) is 42.4 Å². The Bertz CT molecular complexity index is 834. The van der Waals surface area contributed by atoms with E-state index in [1.54, 1.807) is 36.5 Å². The summed E-state index contributed by atoms with van der Waals surface area (Å²) < 4.78 is 18.3. The van der Waals surface area contributed by atoms with Gasteiger partial charge in [-0.1, -0.05) is 6.07 Å². The second-order valence-electron chi connectivity index (χ2n) is 5.46. The molecule has 25 heavy (non-hydrogen) atoms. The molecule has 0 saturated heterocycles. The summed E-state index contributed by atoms with van der Waals surface area (Å²) in [7, 11) is 1.59. The van der Waals surface area contributed by atoms with Crippen molar-refractivity contribution < 1.29 is 13.9 Å². The standard InChI is InChI=1S/C20H17FN2O2/c1-25-19-10-8-18(9-11-19)23(14-15-3-2-12-22-13-15)20(24)16-4-6-17(21)7-5-16/h2-13H,14H2,1H3. The smallest absolute Gasteiger partial charge is 0.258 e. The van der Waals surface area contributed by atoms with Crippen molar-refractivity contribution in [2.24, 2.45) is 0 Å². The average Bonchev–Trinajstić information content (AvgIpc) is 2.67. The molecule has 1 amide bonds. The molecule has 0 atom stereocenters. The molecule has 0 bridgehead atoms. The highest BCUT2D eigenvalue weighted by atomic mass is 19.1. The van der Waals surface area contributed by atoms with Gasteiger partial charge in [0.25, 0.3) is 5.91 Å². The van der Waals surface area contributed by atoms with E-state index in [0.29, 0.717) is 17.9 Å². The SMILES string of the molecule is COc1ccc(N(Cc2cccnc2)C(=O)c2ccc(F)cc2)cc1. The predicted molar refractivity (Wildman–Crippen MR) is 94.1 cm³/mol. The van der Waals surface area contributed by atoms with E-state index in [0.717, 1.165) is 11.3 Å². The van der Waals surface area contributed by atoms with Crippen LogP contribution in [0.15, 0.2) is 73.1 Å². The maximum absolute atomic E-state index is 13.2. The zero-order chi connectivity index (χ0) is 17.6. The molecule has 0 spiro atoms. The molecular formula is C20H17FN2O2. The molecule has 0 aliphatic heterocycles. The first-order chi connectivity index (χ1) is 12.2. The number of rotatable bonds is 5. The Morgan fingerprint density at radius 3 is 2.40 bits per heavy atom. The molecule has 0 aliphatic carbocycles. The maximum atomic E-state index is 13.2. The van der Waals surface area contributed by atoms with E-state index in [1.807, 2.05) is 24.3 Å². The van der Waals surface area contributed by atoms with Crippen LogP contribution in [0, 0.1) is 5.82 Å². The van der Waals surface area contributed by atoms with Gasteiger partial charge in [0, 0.05) is 23.6 Å². The Hall–Kier alpha value is -3.21. The van der Waals surface area contributed by atoms with Crippen LogP contribution < -0.4 is 9.64 Å². The highest BCUT2D eigenvalue weighted by Crippen LogP contribution is 2.23. The van der Waals surface area contributed by atoms with Gasteiger partial charge in [0.2, 0.25) is 0 Å². The highest BCUT2D eigenvalue weighted by Gasteiger charge is 2.18. The van der Waals surface area contributed by atoms with E-state index < -0.39 is 0 Å². The normalized spacial score (nSPS) is 10.3. The van der Waals surface area contributed by atoms with Gasteiger partial charge in [0.15, 0.2) is 0 Å². The van der Waals surface area contributed by atoms with Gasteiger partial charge in [-0.3, -0.25) is 9.78 Å². The van der Waals surface area contributed by atoms with Crippen LogP contribution in [0.5, 0.6) is 5.75 Å². The minimum atomic E-state index is -0.375. The van der Waals surface area contributed by atoms with Crippen molar-refractivity contribution in [1.29, 1.82) is 0 Å². The minimum Gasteiger partial charge on any atom is -0.497 e. The number of amides is 1. The lowest BCUT2D eigenvalue weighted by Crippen LogP contribution is -2.30. The highest BCUT2D eigenvalue weighted by molar-refractivity contribution is 6.06. The lowest BCUT2D eigenvalue weighted by atomic mass is 10.1. The van der Waals surface area contributed by atoms with Crippen LogP contribution in [-0.4, -0.2) is 18.0 Å². The van der Waals surface area contributed by atoms with Crippen molar-refractivity contribution in [1.82, 2.24) is 4.98 Å². The van der Waals surface area contributed by atoms with Crippen LogP contribution in [0.2, 0.25) is 0 Å². The quantitative estimate of drug-likeness (QED) is 0.705. The molecule has 1 heterocycles. The lowest BCUT2D eigenvalue weighted by molar-refractivity contribution is 0.0985. The van der Waals surface area contributed by atoms with Crippen LogP contribution in [0.4, 0.5) is 10.1 Å². The van der Waals surface area contributed by atoms with E-state index in [4.69, 9.17) is 4.74 Å². The summed E-state index contributed by atoms with van der Waals surface area (Å²) in [5.41, 5.74) is 2.04. The summed E-state index contributed by atoms with van der Waals surface area (Å²) >= 11 is 0. The van der Waals surface area contributed by atoms with Gasteiger partial charge < -0.3 is 9.64 Å². The Morgan fingerprint density at radius 2 is 1.80 bits per heavy atom. The van der Waals surface area contributed by atoms with Gasteiger partial charge >= 0.3 is 0 Å². The van der Waals surface area contributed by atoms with Crippen molar-refractivity contribution in [2.45, 2.75) is 6.54 Å². The first-order valence-electron chi connectivity index (χ1n) is 7.78. The summed E-state index contributed by atoms with van der Waals surface area (Å²) in [6.45, 7) is 0.358. The summed E-state index contributed by atoms with van der Waals surface area (Å²) in [5, 5.41) is 0. The van der Waals surface area contributed by atoms with Gasteiger partial charge in [-0.15, -0.1) is 0 Å². The number of pyridine rings is 1. The zero-order valence-corrected chi connectivity index (χ0v) is 13.7. The van der Waals surface area contributed by atoms with Crippen LogP contribution in [0.25, 0.3) is 0 Å². The number of benzene rings is 2. The van der Waals surface area contributed by atoms with Crippen LogP contribution in [-0.2, 0) is 6.54 Å². The van der Waals surface area contributed by atoms with E-state index in [2.05, 4.69) is 4.98 Å². The second-order valence-corrected chi connectivity index (χ2v) is 5.46. The average molecular weight is 336 g/mol. The molecule has 1 aromatic heterocycles. The van der Waals surface area contributed by atoms with E-state index in [-0.39, 0.29) is 11.7 Å². The first kappa shape index (κ1) is 16.6. The van der Waals surface area contributed by atoms with Crippen LogP contribution in [0.1, 0.15) is 15.9 Å². The van der Waals surface area contributed by atoms with Gasteiger partial charge in [0.05, 0.1) is 13.7 Å². The Morgan fingerprint density at radius 1 is 1.08 bits per heavy atom. The number of methoxy groups -OCH3 is 1. The zero-order valence-electron chi connectivity index (χ0n) is 13.7. The number of aromatic nitrogens is 1. The molecular weight excluding hydrogens is 319 g/mol. The Balaban J connectivity index is 1.95. The van der Waals surface area contributed by atoms with Crippen LogP contribution >= 0.6 is 0 Å². The molecule has 126 valence electrons. The van der Waals surface area contributed by atoms with Crippen LogP contribution in [0.3, 0.4) is 0 Å². The molecule has 0 unspecified atom stereocenters. The third-order valence-electron chi connectivity index (χ3n) is 3.78. The first-order valence-corrected chi connectivity index (χ1v) is 7.78. The van der Waals surface area contributed by atoms with Crippen molar-refractivity contribution in [3.63, 3.8) is 0 Å². The minimum absolute atomic E-state index is 0.214. The number of hydrogen-bond acceptors (Lipinski definition) is 3. The molecule has 5 heteroatoms. The number of ether oxygens (including phenoxy) is 1. The number of carbonyl (C=O) groups is 1. The van der Waals surface area contributed by atoms with Crippen molar-refractivity contribution >= 4 is 11.6 Å². The summed E-state index contributed by atoms with van der Waals surface area (Å²) in [5.74, 6) is 0.119. The van der Waals surface area contributed by atoms with Gasteiger partial charge in [-0.05, 0) is 60.2 Å². The van der Waals surface area contributed by atoms with Gasteiger partial charge in [-0.25, -0.2) is 4.39 Å². The fourth-order valence-electron chi connectivity index (χ4n) is 2.47. The summed E-state index contributed by atoms with van der Waals surface area (Å²) in [4.78, 5) is 18.7. The third kappa shape index (κ3) is 4.01. The maximum Gasteiger partial charge on any atom is 0.258 e. The fourth-order valence-corrected chi connectivity index (χ4v) is 2.47. The van der Waals surface area contributed by atoms with Crippen molar-refractivity contribution in [3.05, 3.63) is 90.0 Å². The number of halogens is 1. The Labute approximate surface area is 145 Å². The van der Waals surface area contributed by atoms with E-state index in [1.165, 1.54) is 24.3 Å². The largest absolute Gasteiger partial charge is 0.497 e. The van der Waals surface area contributed by atoms with Gasteiger partial charge in [-0.2, -0.15) is 0 Å². The third-order valence-corrected chi connectivity index (χ3v) is 3.78. The van der Waals surface area contributed by atoms with E-state index >= 15 is 0 Å². The number of anilines is 1. The fraction of sp³-hybridized carbons (Fsp3) is 0.100. The summed E-state index contributed by atoms with van der Waals surface area (Å²) in [6, 6.07) is 16.5. The van der Waals surface area contributed by atoms with Crippen molar-refractivity contribution in [3.8, 4) is 5.75 Å². The molecule has 4 nitrogen and oxygen atoms in total. The molecule has 3 rings (SSSR count). The molecule has 0 fully saturated rings. The lowest BCUT2D eigenvalue weighted by Gasteiger charge is -2.23. The second kappa shape index (κ2) is 7.57. The number of nitrogens with zero attached hydrogens (tertiary/aromatic N) is 2. The molecule has 0 aliphatic rings. The van der Waals surface area contributed by atoms with Gasteiger partial charge in [0.1, 0.15) is 11.6 Å². The molecule has 0 saturated carbocycles. The molecule has 3 aromatic rings. The number of carbonyl (C=O) groups excluding carboxylic acids is 1.